The van der Waals surface area contributed by atoms with E-state index in [0.29, 0.717) is 6.54 Å². The van der Waals surface area contributed by atoms with E-state index in [2.05, 4.69) is 23.2 Å². The fourth-order valence-corrected chi connectivity index (χ4v) is 2.21. The molecule has 0 aliphatic carbocycles. The van der Waals surface area contributed by atoms with Gasteiger partial charge in [0.25, 0.3) is 0 Å². The van der Waals surface area contributed by atoms with E-state index in [-0.39, 0.29) is 11.2 Å². The van der Waals surface area contributed by atoms with Gasteiger partial charge in [0.15, 0.2) is 5.17 Å². The summed E-state index contributed by atoms with van der Waals surface area (Å²) >= 11 is 1.45. The van der Waals surface area contributed by atoms with Gasteiger partial charge in [-0.2, -0.15) is 0 Å². The molecule has 0 aliphatic heterocycles. The standard InChI is InChI=1S/C16H24N2OS/c1-6-9-10-14(7-2)13(4)11-18-16(17-5)20-15(8-3)12-19/h2,6,9-10,12-13,15H,8,11H2,1,3-5H3,(H,17,18)/b9-6-,14-10+/t13-,15?/m1/s1. The lowest BCUT2D eigenvalue weighted by molar-refractivity contribution is -0.107. The monoisotopic (exact) mass is 292 g/mol. The summed E-state index contributed by atoms with van der Waals surface area (Å²) in [5.41, 5.74) is 0.943. The molecule has 0 radical (unpaired) electrons. The Bertz CT molecular complexity index is 419. The molecule has 1 N–H and O–H groups in total. The Labute approximate surface area is 127 Å². The first-order valence-corrected chi connectivity index (χ1v) is 7.62. The second-order valence-corrected chi connectivity index (χ2v) is 5.53. The molecule has 0 bridgehead atoms. The third-order valence-corrected chi connectivity index (χ3v) is 4.04. The Balaban J connectivity index is 4.51. The van der Waals surface area contributed by atoms with E-state index in [1.807, 2.05) is 32.1 Å². The predicted molar refractivity (Wildman–Crippen MR) is 90.0 cm³/mol. The molecule has 0 saturated carbocycles. The van der Waals surface area contributed by atoms with E-state index in [0.717, 1.165) is 23.4 Å². The van der Waals surface area contributed by atoms with Gasteiger partial charge in [0.2, 0.25) is 0 Å². The van der Waals surface area contributed by atoms with Gasteiger partial charge in [-0.15, -0.1) is 6.42 Å². The smallest absolute Gasteiger partial charge is 0.156 e. The highest BCUT2D eigenvalue weighted by atomic mass is 32.2. The van der Waals surface area contributed by atoms with Gasteiger partial charge in [-0.1, -0.05) is 49.8 Å². The van der Waals surface area contributed by atoms with E-state index in [9.17, 15) is 4.79 Å². The first kappa shape index (κ1) is 18.5. The van der Waals surface area contributed by atoms with Crippen LogP contribution in [0, 0.1) is 18.3 Å². The molecule has 0 saturated heterocycles. The van der Waals surface area contributed by atoms with Crippen molar-refractivity contribution in [3.63, 3.8) is 0 Å². The first-order chi connectivity index (χ1) is 9.62. The number of aliphatic imine (C=N–C) groups is 1. The molecule has 3 nitrogen and oxygen atoms in total. The van der Waals surface area contributed by atoms with Crippen LogP contribution in [0.25, 0.3) is 0 Å². The van der Waals surface area contributed by atoms with Crippen LogP contribution in [0.5, 0.6) is 0 Å². The van der Waals surface area contributed by atoms with Crippen LogP contribution < -0.4 is 5.32 Å². The summed E-state index contributed by atoms with van der Waals surface area (Å²) in [6.45, 7) is 6.70. The number of nitrogens with zero attached hydrogens (tertiary/aromatic N) is 1. The third-order valence-electron chi connectivity index (χ3n) is 2.75. The van der Waals surface area contributed by atoms with Crippen molar-refractivity contribution in [2.45, 2.75) is 32.4 Å². The van der Waals surface area contributed by atoms with Gasteiger partial charge < -0.3 is 10.1 Å². The summed E-state index contributed by atoms with van der Waals surface area (Å²) < 4.78 is 0. The van der Waals surface area contributed by atoms with Gasteiger partial charge in [-0.05, 0) is 13.3 Å². The highest BCUT2D eigenvalue weighted by Gasteiger charge is 2.12. The molecule has 0 aliphatic rings. The van der Waals surface area contributed by atoms with Crippen molar-refractivity contribution in [1.29, 1.82) is 0 Å². The number of carbonyl (C=O) groups is 1. The minimum atomic E-state index is -0.0535. The largest absolute Gasteiger partial charge is 0.364 e. The fourth-order valence-electron chi connectivity index (χ4n) is 1.43. The zero-order valence-corrected chi connectivity index (χ0v) is 13.5. The number of thioether (sulfide) groups is 1. The lowest BCUT2D eigenvalue weighted by atomic mass is 10.0. The minimum absolute atomic E-state index is 0.0535. The van der Waals surface area contributed by atoms with Gasteiger partial charge in [0.05, 0.1) is 5.25 Å². The van der Waals surface area contributed by atoms with Crippen molar-refractivity contribution in [1.82, 2.24) is 5.32 Å². The molecule has 0 heterocycles. The number of nitrogens with one attached hydrogen (secondary N) is 1. The number of terminal acetylenes is 1. The molecule has 0 fully saturated rings. The van der Waals surface area contributed by atoms with Gasteiger partial charge in [-0.3, -0.25) is 4.99 Å². The molecular formula is C16H24N2OS. The maximum Gasteiger partial charge on any atom is 0.156 e. The molecule has 110 valence electrons. The number of allylic oxidation sites excluding steroid dienone is 3. The van der Waals surface area contributed by atoms with Crippen molar-refractivity contribution in [3.8, 4) is 12.3 Å². The molecule has 0 spiro atoms. The van der Waals surface area contributed by atoms with E-state index >= 15 is 0 Å². The summed E-state index contributed by atoms with van der Waals surface area (Å²) in [6, 6.07) is 0. The first-order valence-electron chi connectivity index (χ1n) is 6.74. The van der Waals surface area contributed by atoms with Crippen LogP contribution in [0.15, 0.2) is 28.8 Å². The summed E-state index contributed by atoms with van der Waals surface area (Å²) in [4.78, 5) is 15.0. The summed E-state index contributed by atoms with van der Waals surface area (Å²) in [5.74, 6) is 2.92. The predicted octanol–water partition coefficient (Wildman–Crippen LogP) is 3.04. The molecule has 0 aromatic heterocycles. The van der Waals surface area contributed by atoms with E-state index in [1.165, 1.54) is 11.8 Å². The molecule has 0 aromatic rings. The maximum atomic E-state index is 10.9. The number of aldehydes is 1. The lowest BCUT2D eigenvalue weighted by Crippen LogP contribution is -2.28. The second-order valence-electron chi connectivity index (χ2n) is 4.30. The maximum absolute atomic E-state index is 10.9. The SMILES string of the molecule is C#C/C(=C\C=C/C)[C@H](C)CNC(=NC)SC(C=O)CC. The average Bonchev–Trinajstić information content (AvgIpc) is 2.48. The lowest BCUT2D eigenvalue weighted by Gasteiger charge is -2.16. The van der Waals surface area contributed by atoms with Crippen molar-refractivity contribution < 1.29 is 4.79 Å². The Morgan fingerprint density at radius 2 is 2.25 bits per heavy atom. The molecule has 0 aromatic carbocycles. The van der Waals surface area contributed by atoms with Crippen LogP contribution in [0.2, 0.25) is 0 Å². The topological polar surface area (TPSA) is 41.5 Å². The Kier molecular flexibility index (Phi) is 10.5. The minimum Gasteiger partial charge on any atom is -0.364 e. The second kappa shape index (κ2) is 11.4. The van der Waals surface area contributed by atoms with Crippen LogP contribution in [0.4, 0.5) is 0 Å². The van der Waals surface area contributed by atoms with Crippen molar-refractivity contribution in [2.24, 2.45) is 10.9 Å². The molecule has 0 rings (SSSR count). The highest BCUT2D eigenvalue weighted by Crippen LogP contribution is 2.14. The summed E-state index contributed by atoms with van der Waals surface area (Å²) in [6.07, 6.45) is 13.1. The number of hydrogen-bond donors (Lipinski definition) is 1. The zero-order chi connectivity index (χ0) is 15.4. The average molecular weight is 292 g/mol. The molecule has 1 unspecified atom stereocenters. The molecule has 4 heteroatoms. The van der Waals surface area contributed by atoms with Crippen molar-refractivity contribution >= 4 is 23.2 Å². The van der Waals surface area contributed by atoms with Crippen LogP contribution >= 0.6 is 11.8 Å². The van der Waals surface area contributed by atoms with Crippen LogP contribution in [-0.4, -0.2) is 30.3 Å². The van der Waals surface area contributed by atoms with Gasteiger partial charge in [0.1, 0.15) is 6.29 Å². The van der Waals surface area contributed by atoms with Crippen LogP contribution in [-0.2, 0) is 4.79 Å². The number of hydrogen-bond acceptors (Lipinski definition) is 3. The normalized spacial score (nSPS) is 15.8. The quantitative estimate of drug-likeness (QED) is 0.258. The van der Waals surface area contributed by atoms with E-state index in [1.54, 1.807) is 7.05 Å². The highest BCUT2D eigenvalue weighted by molar-refractivity contribution is 8.14. The molecular weight excluding hydrogens is 268 g/mol. The number of amidine groups is 1. The zero-order valence-electron chi connectivity index (χ0n) is 12.7. The van der Waals surface area contributed by atoms with Crippen molar-refractivity contribution in [2.75, 3.05) is 13.6 Å². The van der Waals surface area contributed by atoms with Gasteiger partial charge in [0, 0.05) is 25.1 Å². The van der Waals surface area contributed by atoms with E-state index < -0.39 is 0 Å². The Hall–Kier alpha value is -1.47. The Morgan fingerprint density at radius 3 is 2.70 bits per heavy atom. The third kappa shape index (κ3) is 7.20. The molecule has 20 heavy (non-hydrogen) atoms. The number of rotatable bonds is 7. The number of carbonyl (C=O) groups excluding carboxylic acids is 1. The van der Waals surface area contributed by atoms with Crippen LogP contribution in [0.3, 0.4) is 0 Å². The fraction of sp³-hybridized carbons (Fsp3) is 0.500. The van der Waals surface area contributed by atoms with Gasteiger partial charge >= 0.3 is 0 Å². The summed E-state index contributed by atoms with van der Waals surface area (Å²) in [7, 11) is 1.72. The summed E-state index contributed by atoms with van der Waals surface area (Å²) in [5, 5.41) is 3.98. The van der Waals surface area contributed by atoms with Crippen molar-refractivity contribution in [3.05, 3.63) is 23.8 Å². The van der Waals surface area contributed by atoms with Gasteiger partial charge in [-0.25, -0.2) is 0 Å². The molecule has 0 amide bonds. The van der Waals surface area contributed by atoms with E-state index in [4.69, 9.17) is 6.42 Å². The van der Waals surface area contributed by atoms with Crippen LogP contribution in [0.1, 0.15) is 27.2 Å². The Morgan fingerprint density at radius 1 is 1.55 bits per heavy atom. The molecule has 2 atom stereocenters.